The number of aryl methyl sites for hydroxylation is 1. The van der Waals surface area contributed by atoms with Crippen molar-refractivity contribution in [3.05, 3.63) is 93.0 Å². The summed E-state index contributed by atoms with van der Waals surface area (Å²) in [5, 5.41) is 11.0. The Kier molecular flexibility index (Phi) is 7.87. The summed E-state index contributed by atoms with van der Waals surface area (Å²) in [4.78, 5) is 23.3. The van der Waals surface area contributed by atoms with Crippen molar-refractivity contribution in [2.45, 2.75) is 13.5 Å². The minimum absolute atomic E-state index is 0.0365. The first-order valence-corrected chi connectivity index (χ1v) is 10.4. The topological polar surface area (TPSA) is 97.1 Å². The predicted molar refractivity (Wildman–Crippen MR) is 128 cm³/mol. The molecule has 0 fully saturated rings. The molecule has 0 heterocycles. The van der Waals surface area contributed by atoms with E-state index in [2.05, 4.69) is 0 Å². The Bertz CT molecular complexity index is 1230. The molecule has 8 heteroatoms. The maximum atomic E-state index is 12.8. The first kappa shape index (κ1) is 24.3. The fraction of sp³-hybridized carbons (Fsp3) is 0.192. The molecule has 0 aliphatic carbocycles. The molecule has 0 aromatic heterocycles. The smallest absolute Gasteiger partial charge is 0.272 e. The molecule has 3 aromatic carbocycles. The number of rotatable bonds is 10. The van der Waals surface area contributed by atoms with Gasteiger partial charge < -0.3 is 18.9 Å². The quantitative estimate of drug-likeness (QED) is 0.172. The standard InChI is InChI=1S/C26H25NO7/c1-17-13-21(7-9-23(17)27(29)30)34-16-19-14-18(6-11-25(19)32-3)5-10-24(28)22-15-20(31-2)8-12-26(22)33-4/h5-15H,16H2,1-4H3/b10-5+. The van der Waals surface area contributed by atoms with Crippen molar-refractivity contribution in [2.24, 2.45) is 0 Å². The third kappa shape index (κ3) is 5.72. The Morgan fingerprint density at radius 2 is 1.62 bits per heavy atom. The third-order valence-electron chi connectivity index (χ3n) is 5.16. The second-order valence-corrected chi connectivity index (χ2v) is 7.33. The zero-order valence-electron chi connectivity index (χ0n) is 19.4. The molecular weight excluding hydrogens is 438 g/mol. The van der Waals surface area contributed by atoms with E-state index in [4.69, 9.17) is 18.9 Å². The maximum Gasteiger partial charge on any atom is 0.272 e. The Balaban J connectivity index is 1.79. The molecule has 0 saturated heterocycles. The van der Waals surface area contributed by atoms with Crippen molar-refractivity contribution in [1.82, 2.24) is 0 Å². The summed E-state index contributed by atoms with van der Waals surface area (Å²) in [7, 11) is 4.60. The van der Waals surface area contributed by atoms with E-state index in [1.165, 1.54) is 26.4 Å². The minimum atomic E-state index is -0.430. The lowest BCUT2D eigenvalue weighted by atomic mass is 10.1. The monoisotopic (exact) mass is 463 g/mol. The summed E-state index contributed by atoms with van der Waals surface area (Å²) in [6.07, 6.45) is 3.16. The van der Waals surface area contributed by atoms with Gasteiger partial charge in [0, 0.05) is 17.2 Å². The Morgan fingerprint density at radius 3 is 2.26 bits per heavy atom. The lowest BCUT2D eigenvalue weighted by Gasteiger charge is -2.12. The van der Waals surface area contributed by atoms with Gasteiger partial charge in [-0.3, -0.25) is 14.9 Å². The molecule has 0 saturated carbocycles. The van der Waals surface area contributed by atoms with Gasteiger partial charge in [0.15, 0.2) is 5.78 Å². The molecule has 0 aliphatic rings. The van der Waals surface area contributed by atoms with Crippen LogP contribution in [0.2, 0.25) is 0 Å². The summed E-state index contributed by atoms with van der Waals surface area (Å²) < 4.78 is 21.7. The number of nitrogens with zero attached hydrogens (tertiary/aromatic N) is 1. The first-order chi connectivity index (χ1) is 16.4. The van der Waals surface area contributed by atoms with Crippen LogP contribution in [0.1, 0.15) is 27.0 Å². The molecule has 8 nitrogen and oxygen atoms in total. The van der Waals surface area contributed by atoms with E-state index in [1.807, 2.05) is 12.1 Å². The normalized spacial score (nSPS) is 10.7. The van der Waals surface area contributed by atoms with Gasteiger partial charge in [0.2, 0.25) is 0 Å². The second kappa shape index (κ2) is 11.0. The summed E-state index contributed by atoms with van der Waals surface area (Å²) in [5.41, 5.74) is 2.47. The van der Waals surface area contributed by atoms with Gasteiger partial charge in [-0.1, -0.05) is 12.1 Å². The van der Waals surface area contributed by atoms with Gasteiger partial charge in [-0.15, -0.1) is 0 Å². The Hall–Kier alpha value is -4.33. The van der Waals surface area contributed by atoms with E-state index in [1.54, 1.807) is 56.5 Å². The van der Waals surface area contributed by atoms with E-state index in [-0.39, 0.29) is 18.1 Å². The summed E-state index contributed by atoms with van der Waals surface area (Å²) in [6.45, 7) is 1.84. The number of nitro benzene ring substituents is 1. The summed E-state index contributed by atoms with van der Waals surface area (Å²) >= 11 is 0. The van der Waals surface area contributed by atoms with Crippen molar-refractivity contribution in [2.75, 3.05) is 21.3 Å². The number of methoxy groups -OCH3 is 3. The second-order valence-electron chi connectivity index (χ2n) is 7.33. The number of ketones is 1. The van der Waals surface area contributed by atoms with Crippen LogP contribution in [-0.4, -0.2) is 32.0 Å². The predicted octanol–water partition coefficient (Wildman–Crippen LogP) is 5.40. The molecule has 0 unspecified atom stereocenters. The number of hydrogen-bond donors (Lipinski definition) is 0. The number of carbonyl (C=O) groups is 1. The largest absolute Gasteiger partial charge is 0.497 e. The van der Waals surface area contributed by atoms with Gasteiger partial charge in [-0.05, 0) is 61.0 Å². The van der Waals surface area contributed by atoms with E-state index < -0.39 is 4.92 Å². The zero-order chi connectivity index (χ0) is 24.7. The van der Waals surface area contributed by atoms with Gasteiger partial charge in [0.25, 0.3) is 5.69 Å². The number of carbonyl (C=O) groups excluding carboxylic acids is 1. The van der Waals surface area contributed by atoms with Crippen molar-refractivity contribution in [3.8, 4) is 23.0 Å². The number of nitro groups is 1. The molecule has 3 aromatic rings. The van der Waals surface area contributed by atoms with E-state index in [0.29, 0.717) is 34.1 Å². The van der Waals surface area contributed by atoms with Gasteiger partial charge >= 0.3 is 0 Å². The number of allylic oxidation sites excluding steroid dienone is 1. The fourth-order valence-electron chi connectivity index (χ4n) is 3.37. The van der Waals surface area contributed by atoms with Crippen LogP contribution in [-0.2, 0) is 6.61 Å². The average molecular weight is 463 g/mol. The fourth-order valence-corrected chi connectivity index (χ4v) is 3.37. The molecule has 0 amide bonds. The van der Waals surface area contributed by atoms with Gasteiger partial charge in [-0.2, -0.15) is 0 Å². The highest BCUT2D eigenvalue weighted by Crippen LogP contribution is 2.27. The molecular formula is C26H25NO7. The van der Waals surface area contributed by atoms with Crippen LogP contribution in [0.3, 0.4) is 0 Å². The van der Waals surface area contributed by atoms with Crippen LogP contribution >= 0.6 is 0 Å². The van der Waals surface area contributed by atoms with Crippen molar-refractivity contribution >= 4 is 17.5 Å². The van der Waals surface area contributed by atoms with Crippen molar-refractivity contribution < 1.29 is 28.7 Å². The zero-order valence-corrected chi connectivity index (χ0v) is 19.4. The molecule has 176 valence electrons. The van der Waals surface area contributed by atoms with Crippen LogP contribution in [0.5, 0.6) is 23.0 Å². The molecule has 0 N–H and O–H groups in total. The molecule has 0 bridgehead atoms. The maximum absolute atomic E-state index is 12.8. The highest BCUT2D eigenvalue weighted by molar-refractivity contribution is 6.08. The Labute approximate surface area is 197 Å². The molecule has 0 spiro atoms. The van der Waals surface area contributed by atoms with E-state index in [9.17, 15) is 14.9 Å². The molecule has 0 atom stereocenters. The van der Waals surface area contributed by atoms with Crippen LogP contribution in [0.25, 0.3) is 6.08 Å². The number of hydrogen-bond acceptors (Lipinski definition) is 7. The van der Waals surface area contributed by atoms with Crippen LogP contribution in [0, 0.1) is 17.0 Å². The average Bonchev–Trinajstić information content (AvgIpc) is 2.85. The van der Waals surface area contributed by atoms with Gasteiger partial charge in [-0.25, -0.2) is 0 Å². The van der Waals surface area contributed by atoms with Crippen molar-refractivity contribution in [1.29, 1.82) is 0 Å². The highest BCUT2D eigenvalue weighted by atomic mass is 16.6. The van der Waals surface area contributed by atoms with E-state index in [0.717, 1.165) is 11.1 Å². The van der Waals surface area contributed by atoms with Crippen LogP contribution < -0.4 is 18.9 Å². The van der Waals surface area contributed by atoms with Gasteiger partial charge in [0.05, 0.1) is 31.8 Å². The SMILES string of the molecule is COc1ccc(OC)c(C(=O)/C=C/c2ccc(OC)c(COc3ccc([N+](=O)[O-])c(C)c3)c2)c1. The first-order valence-electron chi connectivity index (χ1n) is 10.4. The number of ether oxygens (including phenoxy) is 4. The lowest BCUT2D eigenvalue weighted by Crippen LogP contribution is -2.01. The molecule has 0 radical (unpaired) electrons. The summed E-state index contributed by atoms with van der Waals surface area (Å²) in [6, 6.07) is 15.1. The summed E-state index contributed by atoms with van der Waals surface area (Å²) in [5.74, 6) is 1.91. The van der Waals surface area contributed by atoms with Crippen LogP contribution in [0.15, 0.2) is 60.7 Å². The van der Waals surface area contributed by atoms with Gasteiger partial charge in [0.1, 0.15) is 29.6 Å². The molecule has 34 heavy (non-hydrogen) atoms. The molecule has 0 aliphatic heterocycles. The lowest BCUT2D eigenvalue weighted by molar-refractivity contribution is -0.385. The minimum Gasteiger partial charge on any atom is -0.497 e. The van der Waals surface area contributed by atoms with Crippen molar-refractivity contribution in [3.63, 3.8) is 0 Å². The third-order valence-corrected chi connectivity index (χ3v) is 5.16. The molecule has 3 rings (SSSR count). The highest BCUT2D eigenvalue weighted by Gasteiger charge is 2.13. The number of benzene rings is 3. The van der Waals surface area contributed by atoms with Crippen LogP contribution in [0.4, 0.5) is 5.69 Å². The Morgan fingerprint density at radius 1 is 0.912 bits per heavy atom. The van der Waals surface area contributed by atoms with E-state index >= 15 is 0 Å².